The number of hydrogen-bond acceptors (Lipinski definition) is 5. The lowest BCUT2D eigenvalue weighted by atomic mass is 10.2. The molecule has 0 bridgehead atoms. The van der Waals surface area contributed by atoms with E-state index in [1.54, 1.807) is 19.1 Å². The van der Waals surface area contributed by atoms with Crippen LogP contribution in [0.15, 0.2) is 28.8 Å². The van der Waals surface area contributed by atoms with Crippen molar-refractivity contribution < 1.29 is 14.2 Å². The molecule has 0 fully saturated rings. The largest absolute Gasteiger partial charge is 0.491 e. The maximum atomic E-state index is 10.9. The Hall–Kier alpha value is -2.63. The molecule has 1 heterocycles. The van der Waals surface area contributed by atoms with E-state index in [9.17, 15) is 10.1 Å². The van der Waals surface area contributed by atoms with E-state index in [2.05, 4.69) is 12.1 Å². The molecule has 1 aromatic heterocycles. The fourth-order valence-electron chi connectivity index (χ4n) is 1.86. The number of nitrogens with zero attached hydrogens (tertiary/aromatic N) is 2. The highest BCUT2D eigenvalue weighted by molar-refractivity contribution is 5.71. The molecule has 0 unspecified atom stereocenters. The zero-order valence-electron chi connectivity index (χ0n) is 12.8. The highest BCUT2D eigenvalue weighted by Gasteiger charge is 2.21. The van der Waals surface area contributed by atoms with Gasteiger partial charge in [0, 0.05) is 0 Å². The van der Waals surface area contributed by atoms with Crippen molar-refractivity contribution in [2.45, 2.75) is 33.3 Å². The lowest BCUT2D eigenvalue weighted by molar-refractivity contribution is -0.386. The fraction of sp³-hybridized carbons (Fsp3) is 0.312. The topological polar surface area (TPSA) is 78.4 Å². The van der Waals surface area contributed by atoms with E-state index in [0.717, 1.165) is 17.7 Å². The average molecular weight is 302 g/mol. The quantitative estimate of drug-likeness (QED) is 0.589. The van der Waals surface area contributed by atoms with Crippen molar-refractivity contribution in [3.05, 3.63) is 51.4 Å². The number of hydrogen-bond donors (Lipinski definition) is 0. The van der Waals surface area contributed by atoms with Crippen LogP contribution < -0.4 is 4.74 Å². The van der Waals surface area contributed by atoms with Gasteiger partial charge in [0.15, 0.2) is 5.69 Å². The Morgan fingerprint density at radius 2 is 2.05 bits per heavy atom. The molecule has 2 rings (SSSR count). The number of nitro groups is 1. The van der Waals surface area contributed by atoms with Crippen LogP contribution in [0, 0.1) is 17.0 Å². The predicted octanol–water partition coefficient (Wildman–Crippen LogP) is 4.24. The van der Waals surface area contributed by atoms with Gasteiger partial charge in [-0.25, -0.2) is 0 Å². The van der Waals surface area contributed by atoms with Gasteiger partial charge < -0.3 is 9.26 Å². The molecule has 22 heavy (non-hydrogen) atoms. The minimum Gasteiger partial charge on any atom is -0.491 e. The van der Waals surface area contributed by atoms with Crippen LogP contribution in [0.2, 0.25) is 0 Å². The molecule has 1 atom stereocenters. The Morgan fingerprint density at radius 1 is 1.36 bits per heavy atom. The molecule has 2 aromatic rings. The van der Waals surface area contributed by atoms with Crippen molar-refractivity contribution in [1.29, 1.82) is 0 Å². The van der Waals surface area contributed by atoms with Crippen molar-refractivity contribution in [2.24, 2.45) is 0 Å². The molecule has 6 heteroatoms. The van der Waals surface area contributed by atoms with Gasteiger partial charge in [-0.05, 0) is 44.0 Å². The molecular formula is C16H18N2O4. The van der Waals surface area contributed by atoms with Crippen molar-refractivity contribution in [3.63, 3.8) is 0 Å². The number of rotatable bonds is 6. The number of aryl methyl sites for hydroxylation is 1. The lowest BCUT2D eigenvalue weighted by Crippen LogP contribution is -2.09. The maximum absolute atomic E-state index is 10.9. The lowest BCUT2D eigenvalue weighted by Gasteiger charge is -2.12. The summed E-state index contributed by atoms with van der Waals surface area (Å²) in [7, 11) is 0. The van der Waals surface area contributed by atoms with Crippen LogP contribution >= 0.6 is 0 Å². The first-order valence-corrected chi connectivity index (χ1v) is 7.06. The van der Waals surface area contributed by atoms with Gasteiger partial charge in [-0.15, -0.1) is 0 Å². The molecule has 0 spiro atoms. The molecule has 0 amide bonds. The van der Waals surface area contributed by atoms with Crippen LogP contribution in [0.1, 0.15) is 37.3 Å². The first-order chi connectivity index (χ1) is 10.5. The van der Waals surface area contributed by atoms with Crippen LogP contribution in [-0.2, 0) is 0 Å². The van der Waals surface area contributed by atoms with Crippen LogP contribution in [0.25, 0.3) is 12.2 Å². The van der Waals surface area contributed by atoms with E-state index in [1.807, 2.05) is 31.2 Å². The Bertz CT molecular complexity index is 674. The zero-order chi connectivity index (χ0) is 16.1. The van der Waals surface area contributed by atoms with Crippen molar-refractivity contribution in [1.82, 2.24) is 5.16 Å². The number of benzene rings is 1. The second kappa shape index (κ2) is 6.89. The van der Waals surface area contributed by atoms with Crippen LogP contribution in [0.4, 0.5) is 5.69 Å². The third-order valence-electron chi connectivity index (χ3n) is 3.26. The Kier molecular flexibility index (Phi) is 4.93. The normalized spacial score (nSPS) is 12.5. The first-order valence-electron chi connectivity index (χ1n) is 7.06. The highest BCUT2D eigenvalue weighted by Crippen LogP contribution is 2.25. The highest BCUT2D eigenvalue weighted by atomic mass is 16.6. The van der Waals surface area contributed by atoms with Crippen LogP contribution in [0.3, 0.4) is 0 Å². The molecule has 0 aliphatic carbocycles. The van der Waals surface area contributed by atoms with Gasteiger partial charge in [-0.3, -0.25) is 10.1 Å². The zero-order valence-corrected chi connectivity index (χ0v) is 12.8. The minimum absolute atomic E-state index is 0.104. The van der Waals surface area contributed by atoms with Gasteiger partial charge in [0.2, 0.25) is 5.76 Å². The van der Waals surface area contributed by atoms with Crippen molar-refractivity contribution >= 4 is 17.8 Å². The van der Waals surface area contributed by atoms with E-state index in [4.69, 9.17) is 9.26 Å². The summed E-state index contributed by atoms with van der Waals surface area (Å²) >= 11 is 0. The van der Waals surface area contributed by atoms with E-state index in [-0.39, 0.29) is 23.2 Å². The summed E-state index contributed by atoms with van der Waals surface area (Å²) in [6, 6.07) is 7.49. The smallest absolute Gasteiger partial charge is 0.338 e. The predicted molar refractivity (Wildman–Crippen MR) is 83.6 cm³/mol. The van der Waals surface area contributed by atoms with Gasteiger partial charge in [0.1, 0.15) is 5.75 Å². The summed E-state index contributed by atoms with van der Waals surface area (Å²) in [5.74, 6) is 0.940. The third kappa shape index (κ3) is 3.72. The van der Waals surface area contributed by atoms with Gasteiger partial charge >= 0.3 is 5.69 Å². The second-order valence-corrected chi connectivity index (χ2v) is 4.98. The van der Waals surface area contributed by atoms with E-state index in [0.29, 0.717) is 0 Å². The molecule has 0 aliphatic heterocycles. The molecule has 0 radical (unpaired) electrons. The van der Waals surface area contributed by atoms with E-state index >= 15 is 0 Å². The van der Waals surface area contributed by atoms with Crippen LogP contribution in [-0.4, -0.2) is 16.2 Å². The molecule has 116 valence electrons. The van der Waals surface area contributed by atoms with Crippen molar-refractivity contribution in [2.75, 3.05) is 0 Å². The average Bonchev–Trinajstić information content (AvgIpc) is 2.87. The second-order valence-electron chi connectivity index (χ2n) is 4.98. The Balaban J connectivity index is 2.12. The molecule has 0 saturated heterocycles. The molecular weight excluding hydrogens is 284 g/mol. The molecule has 0 aliphatic rings. The summed E-state index contributed by atoms with van der Waals surface area (Å²) in [6.45, 7) is 5.62. The summed E-state index contributed by atoms with van der Waals surface area (Å²) < 4.78 is 10.7. The SMILES string of the molecule is CC[C@@H](C)Oc1ccc(/C=C/c2onc(C)c2[N+](=O)[O-])cc1. The summed E-state index contributed by atoms with van der Waals surface area (Å²) in [5, 5.41) is 14.6. The van der Waals surface area contributed by atoms with E-state index < -0.39 is 4.92 Å². The van der Waals surface area contributed by atoms with Gasteiger partial charge in [0.05, 0.1) is 11.0 Å². The van der Waals surface area contributed by atoms with Gasteiger partial charge in [-0.1, -0.05) is 30.3 Å². The monoisotopic (exact) mass is 302 g/mol. The van der Waals surface area contributed by atoms with Crippen molar-refractivity contribution in [3.8, 4) is 5.75 Å². The summed E-state index contributed by atoms with van der Waals surface area (Å²) in [5.41, 5.74) is 1.05. The van der Waals surface area contributed by atoms with Crippen LogP contribution in [0.5, 0.6) is 5.75 Å². The maximum Gasteiger partial charge on any atom is 0.338 e. The van der Waals surface area contributed by atoms with Gasteiger partial charge in [0.25, 0.3) is 0 Å². The fourth-order valence-corrected chi connectivity index (χ4v) is 1.86. The Labute approximate surface area is 128 Å². The standard InChI is InChI=1S/C16H18N2O4/c1-4-11(2)21-14-8-5-13(6-9-14)7-10-15-16(18(19)20)12(3)17-22-15/h5-11H,4H2,1-3H3/b10-7+/t11-/m1/s1. The molecule has 6 nitrogen and oxygen atoms in total. The first kappa shape index (κ1) is 15.8. The molecule has 0 saturated carbocycles. The minimum atomic E-state index is -0.491. The molecule has 1 aromatic carbocycles. The number of aromatic nitrogens is 1. The number of ether oxygens (including phenoxy) is 1. The third-order valence-corrected chi connectivity index (χ3v) is 3.26. The Morgan fingerprint density at radius 3 is 2.64 bits per heavy atom. The van der Waals surface area contributed by atoms with Gasteiger partial charge in [-0.2, -0.15) is 0 Å². The summed E-state index contributed by atoms with van der Waals surface area (Å²) in [4.78, 5) is 10.5. The van der Waals surface area contributed by atoms with E-state index in [1.165, 1.54) is 0 Å². The summed E-state index contributed by atoms with van der Waals surface area (Å²) in [6.07, 6.45) is 4.39. The molecule has 0 N–H and O–H groups in total.